The van der Waals surface area contributed by atoms with Gasteiger partial charge in [-0.1, -0.05) is 24.3 Å². The Kier molecular flexibility index (Phi) is 2.82. The number of rotatable bonds is 2. The summed E-state index contributed by atoms with van der Waals surface area (Å²) in [6, 6.07) is 8.17. The van der Waals surface area contributed by atoms with E-state index in [1.165, 1.54) is 0 Å². The molecule has 1 fully saturated rings. The lowest BCUT2D eigenvalue weighted by Gasteiger charge is -2.15. The third-order valence-electron chi connectivity index (χ3n) is 2.73. The topological polar surface area (TPSA) is 58.3 Å². The minimum atomic E-state index is -0.261. The molecule has 0 aliphatic carbocycles. The minimum Gasteiger partial charge on any atom is -0.391 e. The van der Waals surface area contributed by atoms with Crippen molar-refractivity contribution in [2.75, 3.05) is 6.54 Å². The highest BCUT2D eigenvalue weighted by molar-refractivity contribution is 5.27. The molecular weight excluding hydrogens is 176 g/mol. The van der Waals surface area contributed by atoms with Crippen LogP contribution in [-0.2, 0) is 6.54 Å². The molecule has 2 rings (SSSR count). The van der Waals surface area contributed by atoms with Gasteiger partial charge in [-0.05, 0) is 24.1 Å². The standard InChI is InChI=1S/C11H16N2O/c12-7-8-2-1-3-9(6-8)11-10(14)4-5-13-11/h1-3,6,10-11,13-14H,4-5,7,12H2. The van der Waals surface area contributed by atoms with Gasteiger partial charge < -0.3 is 16.2 Å². The van der Waals surface area contributed by atoms with Gasteiger partial charge >= 0.3 is 0 Å². The van der Waals surface area contributed by atoms with Crippen LogP contribution in [0, 0.1) is 0 Å². The van der Waals surface area contributed by atoms with Crippen molar-refractivity contribution in [2.24, 2.45) is 5.73 Å². The molecule has 1 aliphatic heterocycles. The van der Waals surface area contributed by atoms with E-state index in [0.29, 0.717) is 6.54 Å². The van der Waals surface area contributed by atoms with Crippen LogP contribution in [0.3, 0.4) is 0 Å². The summed E-state index contributed by atoms with van der Waals surface area (Å²) in [6.07, 6.45) is 0.570. The first-order valence-electron chi connectivity index (χ1n) is 5.01. The molecule has 1 heterocycles. The average Bonchev–Trinajstić information content (AvgIpc) is 2.65. The highest BCUT2D eigenvalue weighted by Gasteiger charge is 2.25. The molecule has 1 aromatic rings. The molecule has 0 spiro atoms. The van der Waals surface area contributed by atoms with Gasteiger partial charge in [-0.25, -0.2) is 0 Å². The monoisotopic (exact) mass is 192 g/mol. The molecule has 1 aliphatic rings. The van der Waals surface area contributed by atoms with Gasteiger partial charge in [0.15, 0.2) is 0 Å². The van der Waals surface area contributed by atoms with Crippen molar-refractivity contribution >= 4 is 0 Å². The van der Waals surface area contributed by atoms with E-state index in [1.54, 1.807) is 0 Å². The van der Waals surface area contributed by atoms with Crippen LogP contribution in [-0.4, -0.2) is 17.8 Å². The van der Waals surface area contributed by atoms with E-state index in [-0.39, 0.29) is 12.1 Å². The summed E-state index contributed by atoms with van der Waals surface area (Å²) in [5.41, 5.74) is 7.82. The van der Waals surface area contributed by atoms with Gasteiger partial charge in [-0.15, -0.1) is 0 Å². The van der Waals surface area contributed by atoms with Gasteiger partial charge in [-0.2, -0.15) is 0 Å². The molecule has 3 heteroatoms. The van der Waals surface area contributed by atoms with Gasteiger partial charge in [0.1, 0.15) is 0 Å². The summed E-state index contributed by atoms with van der Waals surface area (Å²) in [4.78, 5) is 0. The second kappa shape index (κ2) is 4.09. The summed E-state index contributed by atoms with van der Waals surface area (Å²) in [6.45, 7) is 1.44. The maximum Gasteiger partial charge on any atom is 0.0747 e. The first kappa shape index (κ1) is 9.65. The number of nitrogens with one attached hydrogen (secondary N) is 1. The molecule has 3 nitrogen and oxygen atoms in total. The molecule has 2 atom stereocenters. The van der Waals surface area contributed by atoms with Gasteiger partial charge in [0.05, 0.1) is 12.1 Å². The van der Waals surface area contributed by atoms with Crippen LogP contribution in [0.25, 0.3) is 0 Å². The number of aliphatic hydroxyl groups excluding tert-OH is 1. The lowest BCUT2D eigenvalue weighted by atomic mass is 10.0. The minimum absolute atomic E-state index is 0.0847. The van der Waals surface area contributed by atoms with Crippen LogP contribution in [0.1, 0.15) is 23.6 Å². The zero-order chi connectivity index (χ0) is 9.97. The fraction of sp³-hybridized carbons (Fsp3) is 0.455. The maximum atomic E-state index is 9.71. The number of benzene rings is 1. The average molecular weight is 192 g/mol. The lowest BCUT2D eigenvalue weighted by Crippen LogP contribution is -2.21. The zero-order valence-corrected chi connectivity index (χ0v) is 8.11. The van der Waals surface area contributed by atoms with Crippen LogP contribution in [0.15, 0.2) is 24.3 Å². The summed E-state index contributed by atoms with van der Waals surface area (Å²) in [5.74, 6) is 0. The molecule has 2 unspecified atom stereocenters. The molecule has 0 aromatic heterocycles. The van der Waals surface area contributed by atoms with E-state index in [9.17, 15) is 5.11 Å². The summed E-state index contributed by atoms with van der Waals surface area (Å²) < 4.78 is 0. The van der Waals surface area contributed by atoms with Crippen LogP contribution in [0.4, 0.5) is 0 Å². The van der Waals surface area contributed by atoms with E-state index >= 15 is 0 Å². The summed E-state index contributed by atoms with van der Waals surface area (Å²) in [7, 11) is 0. The van der Waals surface area contributed by atoms with E-state index < -0.39 is 0 Å². The highest BCUT2D eigenvalue weighted by atomic mass is 16.3. The van der Waals surface area contributed by atoms with Gasteiger partial charge in [0, 0.05) is 6.54 Å². The Morgan fingerprint density at radius 2 is 2.36 bits per heavy atom. The molecule has 4 N–H and O–H groups in total. The van der Waals surface area contributed by atoms with Crippen molar-refractivity contribution in [3.63, 3.8) is 0 Å². The fourth-order valence-corrected chi connectivity index (χ4v) is 1.94. The molecular formula is C11H16N2O. The van der Waals surface area contributed by atoms with Crippen molar-refractivity contribution in [1.82, 2.24) is 5.32 Å². The second-order valence-electron chi connectivity index (χ2n) is 3.74. The molecule has 0 amide bonds. The second-order valence-corrected chi connectivity index (χ2v) is 3.74. The summed E-state index contributed by atoms with van der Waals surface area (Å²) >= 11 is 0. The molecule has 76 valence electrons. The van der Waals surface area contributed by atoms with Crippen LogP contribution >= 0.6 is 0 Å². The van der Waals surface area contributed by atoms with E-state index in [1.807, 2.05) is 18.2 Å². The van der Waals surface area contributed by atoms with Crippen molar-refractivity contribution in [1.29, 1.82) is 0 Å². The fourth-order valence-electron chi connectivity index (χ4n) is 1.94. The van der Waals surface area contributed by atoms with E-state index in [2.05, 4.69) is 11.4 Å². The van der Waals surface area contributed by atoms with Crippen LogP contribution in [0.2, 0.25) is 0 Å². The Bertz CT molecular complexity index is 314. The summed E-state index contributed by atoms with van der Waals surface area (Å²) in [5, 5.41) is 13.0. The van der Waals surface area contributed by atoms with Gasteiger partial charge in [-0.3, -0.25) is 0 Å². The highest BCUT2D eigenvalue weighted by Crippen LogP contribution is 2.24. The maximum absolute atomic E-state index is 9.71. The smallest absolute Gasteiger partial charge is 0.0747 e. The predicted molar refractivity (Wildman–Crippen MR) is 55.7 cm³/mol. The molecule has 14 heavy (non-hydrogen) atoms. The Hall–Kier alpha value is -0.900. The first-order chi connectivity index (χ1) is 6.81. The first-order valence-corrected chi connectivity index (χ1v) is 5.01. The Morgan fingerprint density at radius 3 is 3.00 bits per heavy atom. The number of hydrogen-bond donors (Lipinski definition) is 3. The third kappa shape index (κ3) is 1.80. The zero-order valence-electron chi connectivity index (χ0n) is 8.11. The van der Waals surface area contributed by atoms with Crippen molar-refractivity contribution in [3.8, 4) is 0 Å². The van der Waals surface area contributed by atoms with Gasteiger partial charge in [0.2, 0.25) is 0 Å². The van der Waals surface area contributed by atoms with Crippen LogP contribution in [0.5, 0.6) is 0 Å². The number of aliphatic hydroxyl groups is 1. The normalized spacial score (nSPS) is 26.7. The molecule has 0 saturated carbocycles. The molecule has 0 bridgehead atoms. The Morgan fingerprint density at radius 1 is 1.50 bits per heavy atom. The predicted octanol–water partition coefficient (Wildman–Crippen LogP) is 0.541. The Labute approximate surface area is 83.9 Å². The van der Waals surface area contributed by atoms with E-state index in [0.717, 1.165) is 24.1 Å². The van der Waals surface area contributed by atoms with Crippen molar-refractivity contribution < 1.29 is 5.11 Å². The van der Waals surface area contributed by atoms with E-state index in [4.69, 9.17) is 5.73 Å². The number of nitrogens with two attached hydrogens (primary N) is 1. The molecule has 1 aromatic carbocycles. The number of hydrogen-bond acceptors (Lipinski definition) is 3. The lowest BCUT2D eigenvalue weighted by molar-refractivity contribution is 0.160. The molecule has 1 saturated heterocycles. The van der Waals surface area contributed by atoms with Crippen molar-refractivity contribution in [2.45, 2.75) is 25.1 Å². The quantitative estimate of drug-likeness (QED) is 0.641. The third-order valence-corrected chi connectivity index (χ3v) is 2.73. The largest absolute Gasteiger partial charge is 0.391 e. The van der Waals surface area contributed by atoms with Gasteiger partial charge in [0.25, 0.3) is 0 Å². The van der Waals surface area contributed by atoms with Crippen LogP contribution < -0.4 is 11.1 Å². The Balaban J connectivity index is 2.22. The molecule has 0 radical (unpaired) electrons. The van der Waals surface area contributed by atoms with Crippen molar-refractivity contribution in [3.05, 3.63) is 35.4 Å². The SMILES string of the molecule is NCc1cccc(C2NCCC2O)c1.